The van der Waals surface area contributed by atoms with Crippen molar-refractivity contribution < 1.29 is 5.11 Å². The summed E-state index contributed by atoms with van der Waals surface area (Å²) in [5.41, 5.74) is 0.449. The van der Waals surface area contributed by atoms with E-state index in [0.717, 1.165) is 31.7 Å². The molecule has 4 heteroatoms. The third-order valence-corrected chi connectivity index (χ3v) is 3.95. The smallest absolute Gasteiger partial charge is 0.0655 e. The molecule has 2 N–H and O–H groups in total. The van der Waals surface area contributed by atoms with Crippen molar-refractivity contribution in [3.63, 3.8) is 0 Å². The molecule has 0 bridgehead atoms. The summed E-state index contributed by atoms with van der Waals surface area (Å²) < 4.78 is 0. The van der Waals surface area contributed by atoms with Crippen LogP contribution in [0.2, 0.25) is 5.02 Å². The number of aliphatic hydroxyl groups excluding tert-OH is 1. The Morgan fingerprint density at radius 1 is 1.26 bits per heavy atom. The first-order valence-corrected chi connectivity index (χ1v) is 7.28. The van der Waals surface area contributed by atoms with Gasteiger partial charge in [0.2, 0.25) is 0 Å². The summed E-state index contributed by atoms with van der Waals surface area (Å²) in [6, 6.07) is 7.67. The predicted octanol–water partition coefficient (Wildman–Crippen LogP) is 2.48. The molecular formula is C15H25ClN2O. The fourth-order valence-electron chi connectivity index (χ4n) is 2.17. The molecule has 19 heavy (non-hydrogen) atoms. The lowest BCUT2D eigenvalue weighted by atomic mass is 9.93. The maximum Gasteiger partial charge on any atom is 0.0655 e. The first-order chi connectivity index (χ1) is 9.07. The highest BCUT2D eigenvalue weighted by molar-refractivity contribution is 6.31. The van der Waals surface area contributed by atoms with E-state index in [1.54, 1.807) is 0 Å². The zero-order valence-corrected chi connectivity index (χ0v) is 12.9. The van der Waals surface area contributed by atoms with E-state index in [4.69, 9.17) is 11.6 Å². The molecule has 0 aliphatic heterocycles. The van der Waals surface area contributed by atoms with E-state index in [1.165, 1.54) is 0 Å². The van der Waals surface area contributed by atoms with Crippen LogP contribution in [-0.2, 0) is 5.54 Å². The third kappa shape index (κ3) is 4.46. The molecule has 0 radical (unpaired) electrons. The van der Waals surface area contributed by atoms with Gasteiger partial charge in [0.1, 0.15) is 0 Å². The standard InChI is InChI=1S/C15H25ClN2O/c1-4-18(5-2)11-10-17-15(3,12-19)13-8-6-7-9-14(13)16/h6-9,17,19H,4-5,10-12H2,1-3H3. The number of likely N-dealkylation sites (N-methyl/N-ethyl adjacent to an activating group) is 1. The summed E-state index contributed by atoms with van der Waals surface area (Å²) in [4.78, 5) is 2.34. The number of nitrogens with zero attached hydrogens (tertiary/aromatic N) is 1. The summed E-state index contributed by atoms with van der Waals surface area (Å²) >= 11 is 6.22. The lowest BCUT2D eigenvalue weighted by molar-refractivity contribution is 0.168. The topological polar surface area (TPSA) is 35.5 Å². The average molecular weight is 285 g/mol. The molecule has 1 rings (SSSR count). The van der Waals surface area contributed by atoms with E-state index >= 15 is 0 Å². The van der Waals surface area contributed by atoms with Crippen molar-refractivity contribution in [3.8, 4) is 0 Å². The van der Waals surface area contributed by atoms with Gasteiger partial charge in [0, 0.05) is 18.1 Å². The Bertz CT molecular complexity index is 382. The van der Waals surface area contributed by atoms with Crippen molar-refractivity contribution in [2.24, 2.45) is 0 Å². The van der Waals surface area contributed by atoms with Gasteiger partial charge in [-0.3, -0.25) is 0 Å². The van der Waals surface area contributed by atoms with Gasteiger partial charge < -0.3 is 15.3 Å². The van der Waals surface area contributed by atoms with Crippen LogP contribution >= 0.6 is 11.6 Å². The minimum atomic E-state index is -0.495. The van der Waals surface area contributed by atoms with E-state index in [-0.39, 0.29) is 6.61 Å². The van der Waals surface area contributed by atoms with E-state index in [1.807, 2.05) is 31.2 Å². The van der Waals surface area contributed by atoms with Crippen molar-refractivity contribution in [1.82, 2.24) is 10.2 Å². The molecule has 0 aliphatic carbocycles. The van der Waals surface area contributed by atoms with Crippen LogP contribution in [0, 0.1) is 0 Å². The number of hydrogen-bond donors (Lipinski definition) is 2. The fraction of sp³-hybridized carbons (Fsp3) is 0.600. The van der Waals surface area contributed by atoms with Crippen LogP contribution < -0.4 is 5.32 Å². The molecule has 108 valence electrons. The van der Waals surface area contributed by atoms with Crippen molar-refractivity contribution in [1.29, 1.82) is 0 Å². The van der Waals surface area contributed by atoms with Crippen molar-refractivity contribution in [2.75, 3.05) is 32.8 Å². The van der Waals surface area contributed by atoms with Crippen LogP contribution in [0.3, 0.4) is 0 Å². The molecule has 1 aromatic rings. The molecule has 3 nitrogen and oxygen atoms in total. The van der Waals surface area contributed by atoms with Gasteiger partial charge in [0.05, 0.1) is 12.1 Å². The number of benzene rings is 1. The molecule has 0 saturated carbocycles. The molecule has 0 amide bonds. The molecule has 0 fully saturated rings. The van der Waals surface area contributed by atoms with Crippen molar-refractivity contribution in [3.05, 3.63) is 34.9 Å². The molecule has 0 spiro atoms. The van der Waals surface area contributed by atoms with Gasteiger partial charge >= 0.3 is 0 Å². The van der Waals surface area contributed by atoms with Crippen LogP contribution in [0.25, 0.3) is 0 Å². The second-order valence-corrected chi connectivity index (χ2v) is 5.33. The van der Waals surface area contributed by atoms with Crippen molar-refractivity contribution in [2.45, 2.75) is 26.3 Å². The molecule has 0 aliphatic rings. The van der Waals surface area contributed by atoms with Gasteiger partial charge in [-0.25, -0.2) is 0 Å². The van der Waals surface area contributed by atoms with E-state index in [0.29, 0.717) is 5.02 Å². The lowest BCUT2D eigenvalue weighted by Crippen LogP contribution is -2.46. The van der Waals surface area contributed by atoms with Gasteiger partial charge in [-0.1, -0.05) is 43.6 Å². The summed E-state index contributed by atoms with van der Waals surface area (Å²) in [6.45, 7) is 10.2. The summed E-state index contributed by atoms with van der Waals surface area (Å²) in [5, 5.41) is 13.8. The molecule has 0 aromatic heterocycles. The van der Waals surface area contributed by atoms with Gasteiger partial charge in [-0.2, -0.15) is 0 Å². The van der Waals surface area contributed by atoms with E-state index < -0.39 is 5.54 Å². The van der Waals surface area contributed by atoms with E-state index in [9.17, 15) is 5.11 Å². The number of hydrogen-bond acceptors (Lipinski definition) is 3. The predicted molar refractivity (Wildman–Crippen MR) is 81.7 cm³/mol. The quantitative estimate of drug-likeness (QED) is 0.770. The largest absolute Gasteiger partial charge is 0.394 e. The molecule has 1 atom stereocenters. The van der Waals surface area contributed by atoms with Crippen LogP contribution in [0.5, 0.6) is 0 Å². The van der Waals surface area contributed by atoms with Crippen LogP contribution in [0.15, 0.2) is 24.3 Å². The third-order valence-electron chi connectivity index (χ3n) is 3.62. The average Bonchev–Trinajstić information content (AvgIpc) is 2.44. The highest BCUT2D eigenvalue weighted by atomic mass is 35.5. The number of nitrogens with one attached hydrogen (secondary N) is 1. The van der Waals surface area contributed by atoms with Crippen LogP contribution in [0.4, 0.5) is 0 Å². The maximum atomic E-state index is 9.71. The second-order valence-electron chi connectivity index (χ2n) is 4.92. The summed E-state index contributed by atoms with van der Waals surface area (Å²) in [7, 11) is 0. The maximum absolute atomic E-state index is 9.71. The highest BCUT2D eigenvalue weighted by Crippen LogP contribution is 2.27. The Labute approximate surface area is 121 Å². The summed E-state index contributed by atoms with van der Waals surface area (Å²) in [6.07, 6.45) is 0. The zero-order valence-electron chi connectivity index (χ0n) is 12.1. The van der Waals surface area contributed by atoms with Gasteiger partial charge in [-0.05, 0) is 31.6 Å². The summed E-state index contributed by atoms with van der Waals surface area (Å²) in [5.74, 6) is 0. The van der Waals surface area contributed by atoms with E-state index in [2.05, 4.69) is 24.1 Å². The SMILES string of the molecule is CCN(CC)CCNC(C)(CO)c1ccccc1Cl. The van der Waals surface area contributed by atoms with Crippen molar-refractivity contribution >= 4 is 11.6 Å². The highest BCUT2D eigenvalue weighted by Gasteiger charge is 2.27. The number of rotatable bonds is 8. The Balaban J connectivity index is 2.68. The van der Waals surface area contributed by atoms with Gasteiger partial charge in [0.15, 0.2) is 0 Å². The van der Waals surface area contributed by atoms with Gasteiger partial charge in [-0.15, -0.1) is 0 Å². The Kier molecular flexibility index (Phi) is 6.80. The second kappa shape index (κ2) is 7.85. The minimum absolute atomic E-state index is 0.0228. The molecule has 0 saturated heterocycles. The Hall–Kier alpha value is -0.610. The normalized spacial score (nSPS) is 14.6. The van der Waals surface area contributed by atoms with Gasteiger partial charge in [0.25, 0.3) is 0 Å². The Morgan fingerprint density at radius 2 is 1.89 bits per heavy atom. The minimum Gasteiger partial charge on any atom is -0.394 e. The Morgan fingerprint density at radius 3 is 2.42 bits per heavy atom. The van der Waals surface area contributed by atoms with Crippen LogP contribution in [-0.4, -0.2) is 42.8 Å². The number of aliphatic hydroxyl groups is 1. The fourth-order valence-corrected chi connectivity index (χ4v) is 2.52. The molecule has 1 unspecified atom stereocenters. The number of halogens is 1. The molecular weight excluding hydrogens is 260 g/mol. The molecule has 1 aromatic carbocycles. The van der Waals surface area contributed by atoms with Crippen LogP contribution in [0.1, 0.15) is 26.3 Å². The molecule has 0 heterocycles. The lowest BCUT2D eigenvalue weighted by Gasteiger charge is -2.31. The monoisotopic (exact) mass is 284 g/mol. The first-order valence-electron chi connectivity index (χ1n) is 6.90. The zero-order chi connectivity index (χ0) is 14.3. The first kappa shape index (κ1) is 16.4.